The Kier molecular flexibility index (Phi) is 7.20. The molecule has 1 aliphatic rings. The SMILES string of the molecule is COc1ccc(CCN[C@]2(Cc3ccccc3)C[C@@H](C)N(C)C[C@H]2C)cc1OC. The summed E-state index contributed by atoms with van der Waals surface area (Å²) >= 11 is 0. The smallest absolute Gasteiger partial charge is 0.160 e. The molecule has 3 rings (SSSR count). The molecule has 0 aromatic heterocycles. The number of rotatable bonds is 8. The molecule has 4 heteroatoms. The molecule has 0 saturated carbocycles. The lowest BCUT2D eigenvalue weighted by atomic mass is 9.72. The van der Waals surface area contributed by atoms with Gasteiger partial charge >= 0.3 is 0 Å². The van der Waals surface area contributed by atoms with Gasteiger partial charge in [0.05, 0.1) is 14.2 Å². The van der Waals surface area contributed by atoms with E-state index < -0.39 is 0 Å². The molecule has 1 N–H and O–H groups in total. The van der Waals surface area contributed by atoms with E-state index in [1.54, 1.807) is 14.2 Å². The van der Waals surface area contributed by atoms with Crippen LogP contribution in [0.4, 0.5) is 0 Å². The number of benzene rings is 2. The van der Waals surface area contributed by atoms with Crippen LogP contribution >= 0.6 is 0 Å². The van der Waals surface area contributed by atoms with Crippen LogP contribution in [0.1, 0.15) is 31.4 Å². The Morgan fingerprint density at radius 3 is 2.41 bits per heavy atom. The molecule has 0 unspecified atom stereocenters. The van der Waals surface area contributed by atoms with Gasteiger partial charge in [-0.25, -0.2) is 0 Å². The van der Waals surface area contributed by atoms with Crippen LogP contribution in [0.5, 0.6) is 11.5 Å². The zero-order chi connectivity index (χ0) is 20.9. The fourth-order valence-corrected chi connectivity index (χ4v) is 4.68. The lowest BCUT2D eigenvalue weighted by Crippen LogP contribution is -2.62. The first-order valence-corrected chi connectivity index (χ1v) is 10.7. The predicted octanol–water partition coefficient (Wildman–Crippen LogP) is 4.18. The third-order valence-electron chi connectivity index (χ3n) is 6.62. The molecule has 1 saturated heterocycles. The van der Waals surface area contributed by atoms with Crippen LogP contribution in [0.25, 0.3) is 0 Å². The first-order valence-electron chi connectivity index (χ1n) is 10.7. The van der Waals surface area contributed by atoms with Crippen molar-refractivity contribution in [1.29, 1.82) is 0 Å². The van der Waals surface area contributed by atoms with Crippen molar-refractivity contribution in [3.8, 4) is 11.5 Å². The summed E-state index contributed by atoms with van der Waals surface area (Å²) in [7, 11) is 5.61. The second kappa shape index (κ2) is 9.64. The normalized spacial score (nSPS) is 25.0. The molecule has 29 heavy (non-hydrogen) atoms. The van der Waals surface area contributed by atoms with Gasteiger partial charge in [0.2, 0.25) is 0 Å². The van der Waals surface area contributed by atoms with E-state index in [2.05, 4.69) is 73.6 Å². The predicted molar refractivity (Wildman–Crippen MR) is 120 cm³/mol. The number of ether oxygens (including phenoxy) is 2. The Bertz CT molecular complexity index is 780. The molecule has 1 aliphatic heterocycles. The highest BCUT2D eigenvalue weighted by Gasteiger charge is 2.42. The maximum Gasteiger partial charge on any atom is 0.160 e. The van der Waals surface area contributed by atoms with E-state index in [-0.39, 0.29) is 5.54 Å². The molecular weight excluding hydrogens is 360 g/mol. The van der Waals surface area contributed by atoms with Gasteiger partial charge in [-0.05, 0) is 69.0 Å². The summed E-state index contributed by atoms with van der Waals surface area (Å²) in [5, 5.41) is 4.00. The van der Waals surface area contributed by atoms with Gasteiger partial charge < -0.3 is 19.7 Å². The minimum Gasteiger partial charge on any atom is -0.493 e. The summed E-state index contributed by atoms with van der Waals surface area (Å²) in [4.78, 5) is 2.49. The molecule has 0 aliphatic carbocycles. The Balaban J connectivity index is 1.74. The van der Waals surface area contributed by atoms with Crippen LogP contribution < -0.4 is 14.8 Å². The Labute approximate surface area is 176 Å². The molecule has 1 fully saturated rings. The summed E-state index contributed by atoms with van der Waals surface area (Å²) in [6.07, 6.45) is 3.19. The van der Waals surface area contributed by atoms with Crippen molar-refractivity contribution >= 4 is 0 Å². The molecule has 0 amide bonds. The molecule has 0 radical (unpaired) electrons. The van der Waals surface area contributed by atoms with E-state index in [0.717, 1.165) is 43.9 Å². The summed E-state index contributed by atoms with van der Waals surface area (Å²) in [5.41, 5.74) is 2.79. The third-order valence-corrected chi connectivity index (χ3v) is 6.62. The number of hydrogen-bond donors (Lipinski definition) is 1. The number of hydrogen-bond acceptors (Lipinski definition) is 4. The van der Waals surface area contributed by atoms with Crippen LogP contribution in [-0.4, -0.2) is 50.8 Å². The van der Waals surface area contributed by atoms with Gasteiger partial charge in [0, 0.05) is 18.1 Å². The molecule has 2 aromatic carbocycles. The largest absolute Gasteiger partial charge is 0.493 e. The van der Waals surface area contributed by atoms with E-state index in [9.17, 15) is 0 Å². The van der Waals surface area contributed by atoms with E-state index >= 15 is 0 Å². The highest BCUT2D eigenvalue weighted by molar-refractivity contribution is 5.43. The fourth-order valence-electron chi connectivity index (χ4n) is 4.68. The Morgan fingerprint density at radius 2 is 1.72 bits per heavy atom. The first kappa shape index (κ1) is 21.7. The van der Waals surface area contributed by atoms with Crippen molar-refractivity contribution in [3.05, 3.63) is 59.7 Å². The van der Waals surface area contributed by atoms with Crippen molar-refractivity contribution in [2.24, 2.45) is 5.92 Å². The minimum absolute atomic E-state index is 0.115. The van der Waals surface area contributed by atoms with E-state index in [1.165, 1.54) is 11.1 Å². The zero-order valence-corrected chi connectivity index (χ0v) is 18.6. The van der Waals surface area contributed by atoms with Gasteiger partial charge in [0.1, 0.15) is 0 Å². The number of nitrogens with zero attached hydrogens (tertiary/aromatic N) is 1. The van der Waals surface area contributed by atoms with Crippen LogP contribution in [0.3, 0.4) is 0 Å². The minimum atomic E-state index is 0.115. The van der Waals surface area contributed by atoms with Gasteiger partial charge in [-0.15, -0.1) is 0 Å². The number of nitrogens with one attached hydrogen (secondary N) is 1. The molecular formula is C25H36N2O2. The second-order valence-corrected chi connectivity index (χ2v) is 8.58. The maximum atomic E-state index is 5.46. The molecule has 1 heterocycles. The van der Waals surface area contributed by atoms with E-state index in [1.807, 2.05) is 6.07 Å². The molecule has 0 bridgehead atoms. The topological polar surface area (TPSA) is 33.7 Å². The quantitative estimate of drug-likeness (QED) is 0.726. The van der Waals surface area contributed by atoms with Crippen LogP contribution in [0.15, 0.2) is 48.5 Å². The number of methoxy groups -OCH3 is 2. The average Bonchev–Trinajstić information content (AvgIpc) is 2.73. The summed E-state index contributed by atoms with van der Waals surface area (Å²) < 4.78 is 10.8. The van der Waals surface area contributed by atoms with E-state index in [0.29, 0.717) is 12.0 Å². The van der Waals surface area contributed by atoms with Crippen molar-refractivity contribution in [3.63, 3.8) is 0 Å². The Morgan fingerprint density at radius 1 is 1.00 bits per heavy atom. The van der Waals surface area contributed by atoms with Crippen LogP contribution in [0.2, 0.25) is 0 Å². The molecule has 2 aromatic rings. The van der Waals surface area contributed by atoms with Crippen molar-refractivity contribution in [2.45, 2.75) is 44.7 Å². The average molecular weight is 397 g/mol. The standard InChI is InChI=1S/C25H36N2O2/c1-19-18-27(3)20(2)16-25(19,17-22-9-7-6-8-10-22)26-14-13-21-11-12-23(28-4)24(15-21)29-5/h6-12,15,19-20,26H,13-14,16-18H2,1-5H3/t19-,20-,25+/m1/s1. The molecule has 4 nitrogen and oxygen atoms in total. The lowest BCUT2D eigenvalue weighted by Gasteiger charge is -2.50. The van der Waals surface area contributed by atoms with Crippen molar-refractivity contribution in [1.82, 2.24) is 10.2 Å². The van der Waals surface area contributed by atoms with Gasteiger partial charge in [0.25, 0.3) is 0 Å². The van der Waals surface area contributed by atoms with Gasteiger partial charge in [0.15, 0.2) is 11.5 Å². The number of piperidine rings is 1. The molecule has 3 atom stereocenters. The van der Waals surface area contributed by atoms with E-state index in [4.69, 9.17) is 9.47 Å². The summed E-state index contributed by atoms with van der Waals surface area (Å²) in [5.74, 6) is 2.15. The fraction of sp³-hybridized carbons (Fsp3) is 0.520. The lowest BCUT2D eigenvalue weighted by molar-refractivity contribution is 0.0547. The second-order valence-electron chi connectivity index (χ2n) is 8.58. The maximum absolute atomic E-state index is 5.46. The van der Waals surface area contributed by atoms with Gasteiger partial charge in [-0.3, -0.25) is 0 Å². The highest BCUT2D eigenvalue weighted by Crippen LogP contribution is 2.34. The van der Waals surface area contributed by atoms with Crippen molar-refractivity contribution < 1.29 is 9.47 Å². The van der Waals surface area contributed by atoms with Crippen LogP contribution in [-0.2, 0) is 12.8 Å². The molecule has 0 spiro atoms. The van der Waals surface area contributed by atoms with Crippen LogP contribution in [0, 0.1) is 5.92 Å². The summed E-state index contributed by atoms with van der Waals surface area (Å²) in [6, 6.07) is 17.7. The Hall–Kier alpha value is -2.04. The first-order chi connectivity index (χ1) is 14.0. The van der Waals surface area contributed by atoms with Gasteiger partial charge in [-0.2, -0.15) is 0 Å². The van der Waals surface area contributed by atoms with Gasteiger partial charge in [-0.1, -0.05) is 43.3 Å². The van der Waals surface area contributed by atoms with Crippen molar-refractivity contribution in [2.75, 3.05) is 34.4 Å². The number of likely N-dealkylation sites (tertiary alicyclic amines) is 1. The highest BCUT2D eigenvalue weighted by atomic mass is 16.5. The monoisotopic (exact) mass is 396 g/mol. The zero-order valence-electron chi connectivity index (χ0n) is 18.6. The summed E-state index contributed by atoms with van der Waals surface area (Å²) in [6.45, 7) is 6.82. The molecule has 158 valence electrons. The third kappa shape index (κ3) is 5.12.